The van der Waals surface area contributed by atoms with Crippen LogP contribution in [0.3, 0.4) is 0 Å². The molecule has 0 saturated carbocycles. The molecule has 0 aromatic carbocycles. The second kappa shape index (κ2) is 7.08. The van der Waals surface area contributed by atoms with Crippen molar-refractivity contribution in [2.45, 2.75) is 38.8 Å². The zero-order valence-electron chi connectivity index (χ0n) is 11.3. The first kappa shape index (κ1) is 15.4. The maximum Gasteiger partial charge on any atom is 0.326 e. The minimum atomic E-state index is -0.998. The lowest BCUT2D eigenvalue weighted by Gasteiger charge is -2.26. The summed E-state index contributed by atoms with van der Waals surface area (Å²) in [6, 6.07) is -1.38. The number of aliphatic carboxylic acids is 1. The van der Waals surface area contributed by atoms with Crippen LogP contribution in [0.1, 0.15) is 37.7 Å². The molecule has 0 radical (unpaired) electrons. The summed E-state index contributed by atoms with van der Waals surface area (Å²) >= 11 is 1.47. The maximum absolute atomic E-state index is 12.0. The first-order valence-corrected chi connectivity index (χ1v) is 7.04. The van der Waals surface area contributed by atoms with Crippen LogP contribution in [-0.2, 0) is 4.79 Å². The number of aromatic nitrogens is 1. The van der Waals surface area contributed by atoms with E-state index in [2.05, 4.69) is 10.3 Å². The fraction of sp³-hybridized carbons (Fsp3) is 0.583. The molecule has 0 aliphatic heterocycles. The summed E-state index contributed by atoms with van der Waals surface area (Å²) in [6.07, 6.45) is 2.76. The number of nitrogens with zero attached hydrogens (tertiary/aromatic N) is 2. The monoisotopic (exact) mass is 285 g/mol. The van der Waals surface area contributed by atoms with Crippen molar-refractivity contribution in [3.05, 3.63) is 16.6 Å². The number of thiazole rings is 1. The van der Waals surface area contributed by atoms with Gasteiger partial charge in [0.2, 0.25) is 0 Å². The van der Waals surface area contributed by atoms with Crippen molar-refractivity contribution in [1.29, 1.82) is 0 Å². The van der Waals surface area contributed by atoms with E-state index in [-0.39, 0.29) is 6.04 Å². The van der Waals surface area contributed by atoms with Crippen molar-refractivity contribution < 1.29 is 14.7 Å². The molecule has 1 aromatic heterocycles. The van der Waals surface area contributed by atoms with Crippen molar-refractivity contribution in [3.63, 3.8) is 0 Å². The third-order valence-electron chi connectivity index (χ3n) is 2.92. The molecule has 1 heterocycles. The number of carboxylic acid groups (broad SMARTS) is 1. The van der Waals surface area contributed by atoms with E-state index in [1.807, 2.05) is 12.3 Å². The van der Waals surface area contributed by atoms with E-state index in [1.54, 1.807) is 13.1 Å². The number of hydrogen-bond acceptors (Lipinski definition) is 4. The van der Waals surface area contributed by atoms with Gasteiger partial charge in [-0.15, -0.1) is 11.3 Å². The molecule has 2 amide bonds. The number of carbonyl (C=O) groups is 2. The van der Waals surface area contributed by atoms with Crippen LogP contribution in [0.15, 0.2) is 11.6 Å². The highest BCUT2D eigenvalue weighted by Gasteiger charge is 2.26. The van der Waals surface area contributed by atoms with Gasteiger partial charge in [0.1, 0.15) is 11.0 Å². The minimum Gasteiger partial charge on any atom is -0.480 e. The van der Waals surface area contributed by atoms with Gasteiger partial charge in [0.05, 0.1) is 6.04 Å². The number of urea groups is 1. The van der Waals surface area contributed by atoms with Gasteiger partial charge in [-0.2, -0.15) is 0 Å². The second-order valence-electron chi connectivity index (χ2n) is 4.15. The highest BCUT2D eigenvalue weighted by Crippen LogP contribution is 2.19. The first-order chi connectivity index (χ1) is 9.01. The number of carboxylic acids is 1. The Hall–Kier alpha value is -1.63. The van der Waals surface area contributed by atoms with Crippen LogP contribution in [0.5, 0.6) is 0 Å². The summed E-state index contributed by atoms with van der Waals surface area (Å²) in [5.74, 6) is -0.998. The molecule has 0 bridgehead atoms. The third kappa shape index (κ3) is 3.92. The summed E-state index contributed by atoms with van der Waals surface area (Å²) in [5.41, 5.74) is 0. The SMILES string of the molecule is CCC(NC(=O)N(C)C(CC)C(=O)O)c1nccs1. The highest BCUT2D eigenvalue weighted by atomic mass is 32.1. The summed E-state index contributed by atoms with van der Waals surface area (Å²) in [7, 11) is 1.49. The summed E-state index contributed by atoms with van der Waals surface area (Å²) in [4.78, 5) is 28.5. The molecule has 0 spiro atoms. The third-order valence-corrected chi connectivity index (χ3v) is 3.80. The second-order valence-corrected chi connectivity index (χ2v) is 5.08. The molecule has 0 aliphatic rings. The van der Waals surface area contributed by atoms with Gasteiger partial charge < -0.3 is 15.3 Å². The normalized spacial score (nSPS) is 13.6. The molecule has 6 nitrogen and oxygen atoms in total. The van der Waals surface area contributed by atoms with Crippen molar-refractivity contribution in [3.8, 4) is 0 Å². The predicted molar refractivity (Wildman–Crippen MR) is 73.2 cm³/mol. The van der Waals surface area contributed by atoms with Crippen LogP contribution < -0.4 is 5.32 Å². The summed E-state index contributed by atoms with van der Waals surface area (Å²) in [5, 5.41) is 14.5. The Balaban J connectivity index is 2.70. The van der Waals surface area contributed by atoms with E-state index in [0.717, 1.165) is 5.01 Å². The van der Waals surface area contributed by atoms with Crippen LogP contribution >= 0.6 is 11.3 Å². The Morgan fingerprint density at radius 2 is 2.16 bits per heavy atom. The Morgan fingerprint density at radius 1 is 1.47 bits per heavy atom. The van der Waals surface area contributed by atoms with Gasteiger partial charge >= 0.3 is 12.0 Å². The number of carbonyl (C=O) groups excluding carboxylic acids is 1. The zero-order chi connectivity index (χ0) is 14.4. The quantitative estimate of drug-likeness (QED) is 0.838. The van der Waals surface area contributed by atoms with Crippen molar-refractivity contribution in [2.75, 3.05) is 7.05 Å². The Labute approximate surface area is 116 Å². The molecule has 0 aliphatic carbocycles. The molecule has 7 heteroatoms. The van der Waals surface area contributed by atoms with E-state index in [9.17, 15) is 9.59 Å². The number of amides is 2. The first-order valence-electron chi connectivity index (χ1n) is 6.16. The topological polar surface area (TPSA) is 82.5 Å². The van der Waals surface area contributed by atoms with Crippen LogP contribution in [-0.4, -0.2) is 40.1 Å². The van der Waals surface area contributed by atoms with Crippen LogP contribution in [0.2, 0.25) is 0 Å². The number of hydrogen-bond donors (Lipinski definition) is 2. The van der Waals surface area contributed by atoms with Crippen LogP contribution in [0, 0.1) is 0 Å². The molecular weight excluding hydrogens is 266 g/mol. The predicted octanol–water partition coefficient (Wildman–Crippen LogP) is 2.10. The van der Waals surface area contributed by atoms with Gasteiger partial charge in [-0.05, 0) is 12.8 Å². The lowest BCUT2D eigenvalue weighted by molar-refractivity contribution is -0.141. The molecule has 2 unspecified atom stereocenters. The van der Waals surface area contributed by atoms with Gasteiger partial charge in [0, 0.05) is 18.6 Å². The van der Waals surface area contributed by atoms with Gasteiger partial charge in [-0.25, -0.2) is 14.6 Å². The largest absolute Gasteiger partial charge is 0.480 e. The maximum atomic E-state index is 12.0. The van der Waals surface area contributed by atoms with Gasteiger partial charge in [0.15, 0.2) is 0 Å². The van der Waals surface area contributed by atoms with Crippen molar-refractivity contribution >= 4 is 23.3 Å². The van der Waals surface area contributed by atoms with Gasteiger partial charge in [-0.3, -0.25) is 0 Å². The highest BCUT2D eigenvalue weighted by molar-refractivity contribution is 7.09. The fourth-order valence-corrected chi connectivity index (χ4v) is 2.52. The van der Waals surface area contributed by atoms with Crippen molar-refractivity contribution in [2.24, 2.45) is 0 Å². The number of nitrogens with one attached hydrogen (secondary N) is 1. The molecule has 2 N–H and O–H groups in total. The zero-order valence-corrected chi connectivity index (χ0v) is 12.1. The molecule has 106 valence electrons. The van der Waals surface area contributed by atoms with E-state index >= 15 is 0 Å². The average Bonchev–Trinajstić information content (AvgIpc) is 2.89. The molecular formula is C12H19N3O3S. The summed E-state index contributed by atoms with van der Waals surface area (Å²) in [6.45, 7) is 3.68. The molecule has 1 aromatic rings. The Kier molecular flexibility index (Phi) is 5.75. The summed E-state index contributed by atoms with van der Waals surface area (Å²) < 4.78 is 0. The van der Waals surface area contributed by atoms with E-state index in [0.29, 0.717) is 12.8 Å². The standard InChI is InChI=1S/C12H19N3O3S/c1-4-8(10-13-6-7-19-10)14-12(18)15(3)9(5-2)11(16)17/h6-9H,4-5H2,1-3H3,(H,14,18)(H,16,17). The van der Waals surface area contributed by atoms with E-state index in [4.69, 9.17) is 5.11 Å². The van der Waals surface area contributed by atoms with Crippen LogP contribution in [0.25, 0.3) is 0 Å². The molecule has 2 atom stereocenters. The average molecular weight is 285 g/mol. The Bertz CT molecular complexity index is 422. The number of rotatable bonds is 6. The van der Waals surface area contributed by atoms with Crippen LogP contribution in [0.4, 0.5) is 4.79 Å². The number of likely N-dealkylation sites (N-methyl/N-ethyl adjacent to an activating group) is 1. The fourth-order valence-electron chi connectivity index (χ4n) is 1.75. The molecule has 1 rings (SSSR count). The van der Waals surface area contributed by atoms with Gasteiger partial charge in [-0.1, -0.05) is 13.8 Å². The van der Waals surface area contributed by atoms with E-state index in [1.165, 1.54) is 23.3 Å². The smallest absolute Gasteiger partial charge is 0.326 e. The molecule has 0 saturated heterocycles. The molecule has 19 heavy (non-hydrogen) atoms. The van der Waals surface area contributed by atoms with Crippen molar-refractivity contribution in [1.82, 2.24) is 15.2 Å². The Morgan fingerprint density at radius 3 is 2.58 bits per heavy atom. The van der Waals surface area contributed by atoms with E-state index < -0.39 is 18.0 Å². The van der Waals surface area contributed by atoms with Gasteiger partial charge in [0.25, 0.3) is 0 Å². The molecule has 0 fully saturated rings. The minimum absolute atomic E-state index is 0.179. The lowest BCUT2D eigenvalue weighted by Crippen LogP contribution is -2.47. The lowest BCUT2D eigenvalue weighted by atomic mass is 10.2.